The maximum Gasteiger partial charge on any atom is 0.268 e. The minimum Gasteiger partial charge on any atom is -0.379 e. The van der Waals surface area contributed by atoms with E-state index in [1.807, 2.05) is 0 Å². The SMILES string of the molecule is C#Cc1cccc(N2C(=O)c3c(C)nc4ccc(S(=O)(=O)N5CCOCC5)cc4c3C2=O)c1. The number of fused-ring (bicyclic) bond motifs is 3. The number of hydrogen-bond donors (Lipinski definition) is 0. The first-order valence-electron chi connectivity index (χ1n) is 10.3. The van der Waals surface area contributed by atoms with E-state index in [1.165, 1.54) is 16.4 Å². The summed E-state index contributed by atoms with van der Waals surface area (Å²) in [4.78, 5) is 32.3. The Bertz CT molecular complexity index is 1480. The number of imide groups is 1. The zero-order valence-electron chi connectivity index (χ0n) is 17.7. The van der Waals surface area contributed by atoms with Gasteiger partial charge in [-0.25, -0.2) is 13.3 Å². The van der Waals surface area contributed by atoms with E-state index in [0.717, 1.165) is 4.90 Å². The summed E-state index contributed by atoms with van der Waals surface area (Å²) in [6.07, 6.45) is 5.47. The van der Waals surface area contributed by atoms with Gasteiger partial charge in [-0.05, 0) is 43.3 Å². The molecule has 0 spiro atoms. The molecule has 0 atom stereocenters. The topological polar surface area (TPSA) is 96.9 Å². The smallest absolute Gasteiger partial charge is 0.268 e. The Morgan fingerprint density at radius 3 is 2.48 bits per heavy atom. The summed E-state index contributed by atoms with van der Waals surface area (Å²) in [5, 5.41) is 0.318. The van der Waals surface area contributed by atoms with Crippen LogP contribution in [-0.2, 0) is 14.8 Å². The zero-order chi connectivity index (χ0) is 23.3. The molecule has 33 heavy (non-hydrogen) atoms. The molecule has 0 unspecified atom stereocenters. The first-order valence-corrected chi connectivity index (χ1v) is 11.7. The highest BCUT2D eigenvalue weighted by molar-refractivity contribution is 7.89. The fourth-order valence-corrected chi connectivity index (χ4v) is 5.67. The van der Waals surface area contributed by atoms with Crippen LogP contribution < -0.4 is 4.90 Å². The third-order valence-electron chi connectivity index (χ3n) is 5.85. The van der Waals surface area contributed by atoms with Gasteiger partial charge in [0, 0.05) is 24.0 Å². The molecular weight excluding hydrogens is 442 g/mol. The number of nitrogens with zero attached hydrogens (tertiary/aromatic N) is 3. The summed E-state index contributed by atoms with van der Waals surface area (Å²) < 4.78 is 32.9. The van der Waals surface area contributed by atoms with Crippen molar-refractivity contribution < 1.29 is 22.7 Å². The summed E-state index contributed by atoms with van der Waals surface area (Å²) in [5.41, 5.74) is 2.03. The van der Waals surface area contributed by atoms with E-state index in [4.69, 9.17) is 11.2 Å². The molecule has 0 bridgehead atoms. The molecular formula is C24H19N3O5S. The molecule has 2 amide bonds. The third-order valence-corrected chi connectivity index (χ3v) is 7.74. The number of anilines is 1. The van der Waals surface area contributed by atoms with Crippen LogP contribution in [0.25, 0.3) is 10.9 Å². The molecule has 3 heterocycles. The van der Waals surface area contributed by atoms with Crippen molar-refractivity contribution in [1.29, 1.82) is 0 Å². The van der Waals surface area contributed by atoms with Crippen LogP contribution in [0.1, 0.15) is 32.0 Å². The summed E-state index contributed by atoms with van der Waals surface area (Å²) in [6, 6.07) is 11.0. The Balaban J connectivity index is 1.67. The minimum atomic E-state index is -3.79. The Morgan fingerprint density at radius 1 is 1.03 bits per heavy atom. The standard InChI is InChI=1S/C24H19N3O5S/c1-3-16-5-4-6-17(13-16)27-23(28)21-15(2)25-20-8-7-18(14-19(20)22(21)24(27)29)33(30,31)26-9-11-32-12-10-26/h1,4-8,13-14H,9-12H2,2H3. The van der Waals surface area contributed by atoms with Crippen LogP contribution in [0.5, 0.6) is 0 Å². The predicted molar refractivity (Wildman–Crippen MR) is 122 cm³/mol. The number of rotatable bonds is 3. The van der Waals surface area contributed by atoms with Crippen LogP contribution >= 0.6 is 0 Å². The van der Waals surface area contributed by atoms with Gasteiger partial charge in [-0.1, -0.05) is 12.0 Å². The van der Waals surface area contributed by atoms with E-state index in [2.05, 4.69) is 10.9 Å². The number of benzene rings is 2. The Kier molecular flexibility index (Phi) is 5.01. The number of hydrogen-bond acceptors (Lipinski definition) is 6. The molecule has 166 valence electrons. The number of carbonyl (C=O) groups excluding carboxylic acids is 2. The lowest BCUT2D eigenvalue weighted by molar-refractivity contribution is 0.0730. The maximum absolute atomic E-state index is 13.5. The van der Waals surface area contributed by atoms with Crippen LogP contribution in [0.2, 0.25) is 0 Å². The first kappa shape index (κ1) is 21.3. The van der Waals surface area contributed by atoms with Gasteiger partial charge in [-0.2, -0.15) is 4.31 Å². The van der Waals surface area contributed by atoms with E-state index in [-0.39, 0.29) is 29.1 Å². The van der Waals surface area contributed by atoms with Crippen molar-refractivity contribution in [3.8, 4) is 12.3 Å². The molecule has 1 aromatic heterocycles. The molecule has 1 fully saturated rings. The van der Waals surface area contributed by atoms with Crippen molar-refractivity contribution in [2.24, 2.45) is 0 Å². The molecule has 0 N–H and O–H groups in total. The molecule has 3 aromatic rings. The second-order valence-corrected chi connectivity index (χ2v) is 9.72. The normalized spacial score (nSPS) is 16.8. The van der Waals surface area contributed by atoms with Crippen molar-refractivity contribution in [1.82, 2.24) is 9.29 Å². The second kappa shape index (κ2) is 7.78. The monoisotopic (exact) mass is 461 g/mol. The summed E-state index contributed by atoms with van der Waals surface area (Å²) >= 11 is 0. The summed E-state index contributed by atoms with van der Waals surface area (Å²) in [5.74, 6) is 1.44. The number of aromatic nitrogens is 1. The molecule has 0 saturated carbocycles. The van der Waals surface area contributed by atoms with Crippen LogP contribution in [-0.4, -0.2) is 55.8 Å². The van der Waals surface area contributed by atoms with E-state index in [1.54, 1.807) is 37.3 Å². The van der Waals surface area contributed by atoms with E-state index in [0.29, 0.717) is 41.1 Å². The molecule has 0 aliphatic carbocycles. The number of amides is 2. The lowest BCUT2D eigenvalue weighted by Crippen LogP contribution is -2.40. The quantitative estimate of drug-likeness (QED) is 0.439. The van der Waals surface area contributed by atoms with Gasteiger partial charge in [0.15, 0.2) is 0 Å². The summed E-state index contributed by atoms with van der Waals surface area (Å²) in [6.45, 7) is 2.80. The number of aryl methyl sites for hydroxylation is 1. The average molecular weight is 461 g/mol. The van der Waals surface area contributed by atoms with Crippen molar-refractivity contribution in [3.63, 3.8) is 0 Å². The lowest BCUT2D eigenvalue weighted by atomic mass is 10.0. The van der Waals surface area contributed by atoms with E-state index >= 15 is 0 Å². The maximum atomic E-state index is 13.5. The van der Waals surface area contributed by atoms with E-state index < -0.39 is 21.8 Å². The molecule has 2 aliphatic rings. The Morgan fingerprint density at radius 2 is 1.76 bits per heavy atom. The van der Waals surface area contributed by atoms with Gasteiger partial charge in [-0.15, -0.1) is 6.42 Å². The number of pyridine rings is 1. The molecule has 1 saturated heterocycles. The number of sulfonamides is 1. The minimum absolute atomic E-state index is 0.0396. The van der Waals surface area contributed by atoms with Crippen LogP contribution in [0.15, 0.2) is 47.4 Å². The number of terminal acetylenes is 1. The average Bonchev–Trinajstić information content (AvgIpc) is 3.10. The van der Waals surface area contributed by atoms with Crippen molar-refractivity contribution in [2.45, 2.75) is 11.8 Å². The molecule has 0 radical (unpaired) electrons. The van der Waals surface area contributed by atoms with Crippen LogP contribution in [0, 0.1) is 19.3 Å². The zero-order valence-corrected chi connectivity index (χ0v) is 18.6. The Labute approximate surface area is 190 Å². The molecule has 2 aromatic carbocycles. The van der Waals surface area contributed by atoms with Gasteiger partial charge in [0.25, 0.3) is 11.8 Å². The fraction of sp³-hybridized carbons (Fsp3) is 0.208. The second-order valence-electron chi connectivity index (χ2n) is 7.78. The highest BCUT2D eigenvalue weighted by Crippen LogP contribution is 2.35. The Hall–Kier alpha value is -3.58. The fourth-order valence-electron chi connectivity index (χ4n) is 4.23. The first-order chi connectivity index (χ1) is 15.8. The number of ether oxygens (including phenoxy) is 1. The number of carbonyl (C=O) groups is 2. The van der Waals surface area contributed by atoms with Crippen molar-refractivity contribution in [3.05, 3.63) is 64.8 Å². The van der Waals surface area contributed by atoms with Gasteiger partial charge in [-0.3, -0.25) is 14.6 Å². The van der Waals surface area contributed by atoms with Gasteiger partial charge in [0.05, 0.1) is 46.1 Å². The van der Waals surface area contributed by atoms with Gasteiger partial charge < -0.3 is 4.74 Å². The summed E-state index contributed by atoms with van der Waals surface area (Å²) in [7, 11) is -3.79. The highest BCUT2D eigenvalue weighted by atomic mass is 32.2. The van der Waals surface area contributed by atoms with Gasteiger partial charge in [0.2, 0.25) is 10.0 Å². The molecule has 5 rings (SSSR count). The largest absolute Gasteiger partial charge is 0.379 e. The highest BCUT2D eigenvalue weighted by Gasteiger charge is 2.40. The molecule has 8 nitrogen and oxygen atoms in total. The lowest BCUT2D eigenvalue weighted by Gasteiger charge is -2.26. The molecule has 9 heteroatoms. The van der Waals surface area contributed by atoms with Crippen LogP contribution in [0.3, 0.4) is 0 Å². The van der Waals surface area contributed by atoms with Crippen LogP contribution in [0.4, 0.5) is 5.69 Å². The van der Waals surface area contributed by atoms with Gasteiger partial charge >= 0.3 is 0 Å². The van der Waals surface area contributed by atoms with Gasteiger partial charge in [0.1, 0.15) is 0 Å². The van der Waals surface area contributed by atoms with E-state index in [9.17, 15) is 18.0 Å². The number of morpholine rings is 1. The van der Waals surface area contributed by atoms with Crippen molar-refractivity contribution in [2.75, 3.05) is 31.2 Å². The van der Waals surface area contributed by atoms with Crippen molar-refractivity contribution >= 4 is 38.4 Å². The predicted octanol–water partition coefficient (Wildman–Crippen LogP) is 2.35. The third kappa shape index (κ3) is 3.31. The molecule has 2 aliphatic heterocycles.